The topological polar surface area (TPSA) is 29.5 Å². The van der Waals surface area contributed by atoms with E-state index in [1.807, 2.05) is 6.07 Å². The molecule has 3 atom stereocenters. The number of hydrogen-bond acceptors (Lipinski definition) is 2. The molecule has 23 heavy (non-hydrogen) atoms. The lowest BCUT2D eigenvalue weighted by Crippen LogP contribution is -2.44. The average Bonchev–Trinajstić information content (AvgIpc) is 2.46. The van der Waals surface area contributed by atoms with E-state index in [1.165, 1.54) is 30.4 Å². The quantitative estimate of drug-likeness (QED) is 0.555. The van der Waals surface area contributed by atoms with Gasteiger partial charge in [0.1, 0.15) is 17.1 Å². The van der Waals surface area contributed by atoms with Gasteiger partial charge < -0.3 is 9.84 Å². The van der Waals surface area contributed by atoms with Crippen LogP contribution in [0, 0.1) is 5.92 Å². The van der Waals surface area contributed by atoms with Crippen molar-refractivity contribution < 1.29 is 9.84 Å². The fourth-order valence-electron chi connectivity index (χ4n) is 4.47. The number of phenols is 1. The van der Waals surface area contributed by atoms with E-state index in [2.05, 4.69) is 33.4 Å². The lowest BCUT2D eigenvalue weighted by atomic mass is 9.65. The molecule has 2 bridgehead atoms. The van der Waals surface area contributed by atoms with Crippen LogP contribution in [0.15, 0.2) is 24.3 Å². The summed E-state index contributed by atoms with van der Waals surface area (Å²) in [7, 11) is 0. The van der Waals surface area contributed by atoms with Crippen LogP contribution in [0.3, 0.4) is 0 Å². The SMILES string of the molecule is C=C(C)[C@@H]1CCC2(C)C[C@H]1c1c(O)cc(CCCCC)cc1O2. The van der Waals surface area contributed by atoms with Gasteiger partial charge in [0, 0.05) is 11.5 Å². The van der Waals surface area contributed by atoms with Gasteiger partial charge in [-0.2, -0.15) is 0 Å². The number of aromatic hydroxyl groups is 1. The molecule has 1 fully saturated rings. The van der Waals surface area contributed by atoms with Crippen LogP contribution in [0.25, 0.3) is 0 Å². The first-order valence-corrected chi connectivity index (χ1v) is 9.14. The maximum atomic E-state index is 10.7. The van der Waals surface area contributed by atoms with Gasteiger partial charge in [-0.25, -0.2) is 0 Å². The maximum Gasteiger partial charge on any atom is 0.127 e. The molecule has 1 heterocycles. The Morgan fingerprint density at radius 3 is 2.87 bits per heavy atom. The van der Waals surface area contributed by atoms with Crippen molar-refractivity contribution in [1.82, 2.24) is 0 Å². The molecule has 2 aliphatic rings. The normalized spacial score (nSPS) is 28.8. The molecule has 3 rings (SSSR count). The Balaban J connectivity index is 1.96. The molecular formula is C21H30O2. The summed E-state index contributed by atoms with van der Waals surface area (Å²) in [5.74, 6) is 2.15. The average molecular weight is 314 g/mol. The van der Waals surface area contributed by atoms with Crippen LogP contribution in [0.2, 0.25) is 0 Å². The minimum atomic E-state index is -0.0852. The summed E-state index contributed by atoms with van der Waals surface area (Å²) in [6.45, 7) is 10.8. The molecule has 1 aromatic carbocycles. The van der Waals surface area contributed by atoms with E-state index in [-0.39, 0.29) is 5.60 Å². The predicted octanol–water partition coefficient (Wildman–Crippen LogP) is 5.74. The second-order valence-corrected chi connectivity index (χ2v) is 7.84. The van der Waals surface area contributed by atoms with Crippen LogP contribution >= 0.6 is 0 Å². The maximum absolute atomic E-state index is 10.7. The minimum Gasteiger partial charge on any atom is -0.508 e. The van der Waals surface area contributed by atoms with Crippen molar-refractivity contribution in [3.63, 3.8) is 0 Å². The summed E-state index contributed by atoms with van der Waals surface area (Å²) in [4.78, 5) is 0. The van der Waals surface area contributed by atoms with Gasteiger partial charge in [0.05, 0.1) is 0 Å². The van der Waals surface area contributed by atoms with Gasteiger partial charge in [-0.15, -0.1) is 0 Å². The predicted molar refractivity (Wildman–Crippen MR) is 95.3 cm³/mol. The first-order valence-electron chi connectivity index (χ1n) is 9.14. The lowest BCUT2D eigenvalue weighted by molar-refractivity contribution is 0.00630. The number of benzene rings is 1. The van der Waals surface area contributed by atoms with E-state index in [4.69, 9.17) is 4.74 Å². The summed E-state index contributed by atoms with van der Waals surface area (Å²) in [5, 5.41) is 10.7. The molecule has 1 saturated carbocycles. The summed E-state index contributed by atoms with van der Waals surface area (Å²) in [6.07, 6.45) is 7.80. The molecule has 1 aliphatic carbocycles. The van der Waals surface area contributed by atoms with Gasteiger partial charge in [0.25, 0.3) is 0 Å². The van der Waals surface area contributed by atoms with Crippen LogP contribution in [-0.2, 0) is 6.42 Å². The molecule has 0 aromatic heterocycles. The van der Waals surface area contributed by atoms with Crippen molar-refractivity contribution in [2.75, 3.05) is 0 Å². The van der Waals surface area contributed by atoms with Gasteiger partial charge >= 0.3 is 0 Å². The molecule has 0 spiro atoms. The Hall–Kier alpha value is -1.44. The van der Waals surface area contributed by atoms with Crippen LogP contribution < -0.4 is 4.74 Å². The van der Waals surface area contributed by atoms with Crippen molar-refractivity contribution in [3.8, 4) is 11.5 Å². The zero-order valence-corrected chi connectivity index (χ0v) is 14.8. The van der Waals surface area contributed by atoms with Gasteiger partial charge in [-0.1, -0.05) is 31.9 Å². The number of allylic oxidation sites excluding steroid dienone is 1. The molecular weight excluding hydrogens is 284 g/mol. The molecule has 2 nitrogen and oxygen atoms in total. The highest BCUT2D eigenvalue weighted by Crippen LogP contribution is 2.55. The van der Waals surface area contributed by atoms with Crippen molar-refractivity contribution in [2.45, 2.75) is 77.2 Å². The van der Waals surface area contributed by atoms with Gasteiger partial charge in [-0.3, -0.25) is 0 Å². The van der Waals surface area contributed by atoms with Crippen LogP contribution in [0.1, 0.15) is 76.3 Å². The molecule has 1 aromatic rings. The second kappa shape index (κ2) is 6.22. The fourth-order valence-corrected chi connectivity index (χ4v) is 4.47. The molecule has 0 amide bonds. The second-order valence-electron chi connectivity index (χ2n) is 7.84. The zero-order chi connectivity index (χ0) is 16.6. The first-order chi connectivity index (χ1) is 10.9. The number of ether oxygens (including phenoxy) is 1. The van der Waals surface area contributed by atoms with Gasteiger partial charge in [0.15, 0.2) is 0 Å². The number of rotatable bonds is 5. The van der Waals surface area contributed by atoms with E-state index in [0.29, 0.717) is 17.6 Å². The number of aryl methyl sites for hydroxylation is 1. The highest BCUT2D eigenvalue weighted by atomic mass is 16.5. The number of fused-ring (bicyclic) bond motifs is 4. The Morgan fingerprint density at radius 1 is 1.39 bits per heavy atom. The van der Waals surface area contributed by atoms with Gasteiger partial charge in [-0.05, 0) is 69.6 Å². The molecule has 126 valence electrons. The van der Waals surface area contributed by atoms with Crippen molar-refractivity contribution in [2.24, 2.45) is 5.92 Å². The smallest absolute Gasteiger partial charge is 0.127 e. The number of unbranched alkanes of at least 4 members (excludes halogenated alkanes) is 2. The van der Waals surface area contributed by atoms with Gasteiger partial charge in [0.2, 0.25) is 0 Å². The Morgan fingerprint density at radius 2 is 2.17 bits per heavy atom. The highest BCUT2D eigenvalue weighted by Gasteiger charge is 2.46. The molecule has 1 aliphatic heterocycles. The Kier molecular flexibility index (Phi) is 4.44. The largest absolute Gasteiger partial charge is 0.508 e. The fraction of sp³-hybridized carbons (Fsp3) is 0.619. The van der Waals surface area contributed by atoms with Crippen LogP contribution in [-0.4, -0.2) is 10.7 Å². The molecule has 1 N–H and O–H groups in total. The Bertz CT molecular complexity index is 604. The Labute approximate surface area is 140 Å². The molecule has 1 unspecified atom stereocenters. The van der Waals surface area contributed by atoms with E-state index in [0.717, 1.165) is 37.0 Å². The summed E-state index contributed by atoms with van der Waals surface area (Å²) in [5.41, 5.74) is 3.37. The summed E-state index contributed by atoms with van der Waals surface area (Å²) >= 11 is 0. The number of hydrogen-bond donors (Lipinski definition) is 1. The third kappa shape index (κ3) is 3.13. The molecule has 2 heteroatoms. The highest BCUT2D eigenvalue weighted by molar-refractivity contribution is 5.52. The van der Waals surface area contributed by atoms with Crippen molar-refractivity contribution in [3.05, 3.63) is 35.4 Å². The monoisotopic (exact) mass is 314 g/mol. The third-order valence-electron chi connectivity index (χ3n) is 5.73. The first kappa shape index (κ1) is 16.4. The van der Waals surface area contributed by atoms with E-state index >= 15 is 0 Å². The standard InChI is InChI=1S/C21H30O2/c1-5-6-7-8-15-11-18(22)20-17-13-21(4,23-19(20)12-15)10-9-16(17)14(2)3/h11-12,16-17,22H,2,5-10,13H2,1,3-4H3/t16-,17+,21?/m0/s1. The molecule has 0 radical (unpaired) electrons. The van der Waals surface area contributed by atoms with Crippen molar-refractivity contribution in [1.29, 1.82) is 0 Å². The van der Waals surface area contributed by atoms with E-state index in [9.17, 15) is 5.11 Å². The minimum absolute atomic E-state index is 0.0852. The molecule has 0 saturated heterocycles. The number of phenolic OH excluding ortho intramolecular Hbond substituents is 1. The summed E-state index contributed by atoms with van der Waals surface area (Å²) < 4.78 is 6.36. The lowest BCUT2D eigenvalue weighted by Gasteiger charge is -2.48. The van der Waals surface area contributed by atoms with Crippen LogP contribution in [0.5, 0.6) is 11.5 Å². The van der Waals surface area contributed by atoms with E-state index in [1.54, 1.807) is 0 Å². The zero-order valence-electron chi connectivity index (χ0n) is 14.8. The van der Waals surface area contributed by atoms with Crippen molar-refractivity contribution >= 4 is 0 Å². The summed E-state index contributed by atoms with van der Waals surface area (Å²) in [6, 6.07) is 4.14. The van der Waals surface area contributed by atoms with Crippen LogP contribution in [0.4, 0.5) is 0 Å². The van der Waals surface area contributed by atoms with E-state index < -0.39 is 0 Å². The third-order valence-corrected chi connectivity index (χ3v) is 5.73.